The highest BCUT2D eigenvalue weighted by Crippen LogP contribution is 2.38. The van der Waals surface area contributed by atoms with Crippen molar-refractivity contribution in [1.82, 2.24) is 4.90 Å². The highest BCUT2D eigenvalue weighted by Gasteiger charge is 2.39. The molecule has 2 aliphatic rings. The van der Waals surface area contributed by atoms with Gasteiger partial charge in [0.05, 0.1) is 0 Å². The Morgan fingerprint density at radius 1 is 1.17 bits per heavy atom. The zero-order valence-corrected chi connectivity index (χ0v) is 8.64. The third-order valence-corrected chi connectivity index (χ3v) is 3.51. The van der Waals surface area contributed by atoms with Crippen LogP contribution in [0.1, 0.15) is 46.5 Å². The van der Waals surface area contributed by atoms with Gasteiger partial charge in [0.25, 0.3) is 0 Å². The fraction of sp³-hybridized carbons (Fsp3) is 1.00. The maximum atomic E-state index is 2.73. The molecule has 1 aliphatic heterocycles. The molecule has 2 atom stereocenters. The van der Waals surface area contributed by atoms with Crippen LogP contribution in [0.2, 0.25) is 0 Å². The van der Waals surface area contributed by atoms with Crippen molar-refractivity contribution in [3.8, 4) is 0 Å². The minimum atomic E-state index is 0.407. The molecule has 2 rings (SSSR count). The van der Waals surface area contributed by atoms with Crippen molar-refractivity contribution in [1.29, 1.82) is 0 Å². The first kappa shape index (κ1) is 8.55. The lowest BCUT2D eigenvalue weighted by Gasteiger charge is -2.36. The molecule has 12 heavy (non-hydrogen) atoms. The third-order valence-electron chi connectivity index (χ3n) is 3.51. The molecule has 1 nitrogen and oxygen atoms in total. The molecule has 0 aromatic carbocycles. The monoisotopic (exact) mass is 167 g/mol. The van der Waals surface area contributed by atoms with E-state index in [1.165, 1.54) is 32.2 Å². The number of hydrogen-bond donors (Lipinski definition) is 0. The topological polar surface area (TPSA) is 3.24 Å². The second kappa shape index (κ2) is 2.73. The van der Waals surface area contributed by atoms with E-state index in [4.69, 9.17) is 0 Å². The van der Waals surface area contributed by atoms with E-state index in [9.17, 15) is 0 Å². The van der Waals surface area contributed by atoms with Gasteiger partial charge in [-0.25, -0.2) is 0 Å². The van der Waals surface area contributed by atoms with E-state index in [0.717, 1.165) is 12.0 Å². The minimum absolute atomic E-state index is 0.407. The zero-order chi connectivity index (χ0) is 8.77. The van der Waals surface area contributed by atoms with Crippen LogP contribution in [0.25, 0.3) is 0 Å². The molecule has 1 saturated heterocycles. The standard InChI is InChI=1S/C11H21N/c1-11(2,3)12-8-9-5-4-6-10(12)7-9/h9-10H,4-8H2,1-3H3. The van der Waals surface area contributed by atoms with Gasteiger partial charge in [-0.05, 0) is 46.0 Å². The largest absolute Gasteiger partial charge is 0.295 e. The van der Waals surface area contributed by atoms with Gasteiger partial charge in [0, 0.05) is 18.1 Å². The molecule has 0 aromatic rings. The second-order valence-electron chi connectivity index (χ2n) is 5.51. The summed E-state index contributed by atoms with van der Waals surface area (Å²) in [4.78, 5) is 2.73. The van der Waals surface area contributed by atoms with Crippen molar-refractivity contribution < 1.29 is 0 Å². The lowest BCUT2D eigenvalue weighted by atomic mass is 9.90. The van der Waals surface area contributed by atoms with Crippen LogP contribution >= 0.6 is 0 Å². The van der Waals surface area contributed by atoms with Crippen LogP contribution in [0.5, 0.6) is 0 Å². The van der Waals surface area contributed by atoms with Crippen LogP contribution in [0.4, 0.5) is 0 Å². The summed E-state index contributed by atoms with van der Waals surface area (Å²) < 4.78 is 0. The third kappa shape index (κ3) is 1.39. The molecular formula is C11H21N. The van der Waals surface area contributed by atoms with Gasteiger partial charge in [-0.15, -0.1) is 0 Å². The molecule has 1 saturated carbocycles. The summed E-state index contributed by atoms with van der Waals surface area (Å²) in [7, 11) is 0. The van der Waals surface area contributed by atoms with Crippen molar-refractivity contribution in [2.75, 3.05) is 6.54 Å². The molecule has 2 fully saturated rings. The van der Waals surface area contributed by atoms with Gasteiger partial charge in [-0.3, -0.25) is 4.90 Å². The summed E-state index contributed by atoms with van der Waals surface area (Å²) >= 11 is 0. The van der Waals surface area contributed by atoms with E-state index in [0.29, 0.717) is 5.54 Å². The number of rotatable bonds is 0. The fourth-order valence-corrected chi connectivity index (χ4v) is 2.96. The maximum Gasteiger partial charge on any atom is 0.0128 e. The van der Waals surface area contributed by atoms with Crippen LogP contribution in [0, 0.1) is 5.92 Å². The highest BCUT2D eigenvalue weighted by atomic mass is 15.2. The van der Waals surface area contributed by atoms with Crippen LogP contribution in [0.15, 0.2) is 0 Å². The van der Waals surface area contributed by atoms with E-state index < -0.39 is 0 Å². The second-order valence-corrected chi connectivity index (χ2v) is 5.51. The quantitative estimate of drug-likeness (QED) is 0.536. The lowest BCUT2D eigenvalue weighted by molar-refractivity contribution is 0.118. The van der Waals surface area contributed by atoms with Crippen molar-refractivity contribution in [2.24, 2.45) is 5.92 Å². The van der Waals surface area contributed by atoms with Crippen molar-refractivity contribution in [3.63, 3.8) is 0 Å². The summed E-state index contributed by atoms with van der Waals surface area (Å²) in [6.45, 7) is 8.43. The molecule has 0 amide bonds. The first-order valence-corrected chi connectivity index (χ1v) is 5.34. The summed E-state index contributed by atoms with van der Waals surface area (Å²) in [5, 5.41) is 0. The Labute approximate surface area is 76.1 Å². The van der Waals surface area contributed by atoms with Gasteiger partial charge in [0.15, 0.2) is 0 Å². The Kier molecular flexibility index (Phi) is 1.95. The molecule has 70 valence electrons. The van der Waals surface area contributed by atoms with Crippen molar-refractivity contribution in [3.05, 3.63) is 0 Å². The maximum absolute atomic E-state index is 2.73. The van der Waals surface area contributed by atoms with Gasteiger partial charge in [0.1, 0.15) is 0 Å². The average molecular weight is 167 g/mol. The molecule has 0 N–H and O–H groups in total. The normalized spacial score (nSPS) is 37.2. The van der Waals surface area contributed by atoms with E-state index in [1.54, 1.807) is 0 Å². The Hall–Kier alpha value is -0.0400. The van der Waals surface area contributed by atoms with Crippen LogP contribution in [-0.4, -0.2) is 23.0 Å². The van der Waals surface area contributed by atoms with Gasteiger partial charge >= 0.3 is 0 Å². The molecule has 1 heteroatoms. The van der Waals surface area contributed by atoms with Gasteiger partial charge < -0.3 is 0 Å². The van der Waals surface area contributed by atoms with E-state index in [1.807, 2.05) is 0 Å². The van der Waals surface area contributed by atoms with Crippen molar-refractivity contribution in [2.45, 2.75) is 58.0 Å². The van der Waals surface area contributed by atoms with Gasteiger partial charge in [0.2, 0.25) is 0 Å². The predicted molar refractivity (Wildman–Crippen MR) is 52.2 cm³/mol. The molecule has 0 aromatic heterocycles. The summed E-state index contributed by atoms with van der Waals surface area (Å²) in [6.07, 6.45) is 5.90. The fourth-order valence-electron chi connectivity index (χ4n) is 2.96. The molecule has 2 bridgehead atoms. The minimum Gasteiger partial charge on any atom is -0.295 e. The van der Waals surface area contributed by atoms with E-state index >= 15 is 0 Å². The van der Waals surface area contributed by atoms with Crippen LogP contribution in [0.3, 0.4) is 0 Å². The average Bonchev–Trinajstić information content (AvgIpc) is 2.25. The number of hydrogen-bond acceptors (Lipinski definition) is 1. The van der Waals surface area contributed by atoms with Gasteiger partial charge in [-0.1, -0.05) is 6.42 Å². The molecule has 2 unspecified atom stereocenters. The Balaban J connectivity index is 2.09. The van der Waals surface area contributed by atoms with Crippen molar-refractivity contribution >= 4 is 0 Å². The lowest BCUT2D eigenvalue weighted by Crippen LogP contribution is -2.44. The number of nitrogens with zero attached hydrogens (tertiary/aromatic N) is 1. The van der Waals surface area contributed by atoms with Crippen LogP contribution < -0.4 is 0 Å². The predicted octanol–water partition coefficient (Wildman–Crippen LogP) is 2.66. The molecular weight excluding hydrogens is 146 g/mol. The molecule has 0 spiro atoms. The Morgan fingerprint density at radius 2 is 1.92 bits per heavy atom. The van der Waals surface area contributed by atoms with Gasteiger partial charge in [-0.2, -0.15) is 0 Å². The zero-order valence-electron chi connectivity index (χ0n) is 8.64. The Morgan fingerprint density at radius 3 is 2.50 bits per heavy atom. The first-order valence-electron chi connectivity index (χ1n) is 5.34. The molecule has 1 aliphatic carbocycles. The first-order chi connectivity index (χ1) is 5.57. The smallest absolute Gasteiger partial charge is 0.0128 e. The Bertz CT molecular complexity index is 168. The summed E-state index contributed by atoms with van der Waals surface area (Å²) in [5.41, 5.74) is 0.407. The number of fused-ring (bicyclic) bond motifs is 2. The highest BCUT2D eigenvalue weighted by molar-refractivity contribution is 4.94. The van der Waals surface area contributed by atoms with E-state index in [2.05, 4.69) is 25.7 Å². The van der Waals surface area contributed by atoms with Crippen LogP contribution in [-0.2, 0) is 0 Å². The summed E-state index contributed by atoms with van der Waals surface area (Å²) in [5.74, 6) is 1.03. The van der Waals surface area contributed by atoms with E-state index in [-0.39, 0.29) is 0 Å². The summed E-state index contributed by atoms with van der Waals surface area (Å²) in [6, 6.07) is 0.920. The molecule has 0 radical (unpaired) electrons. The number of likely N-dealkylation sites (tertiary alicyclic amines) is 1. The molecule has 1 heterocycles. The SMILES string of the molecule is CC(C)(C)N1CC2CCCC1C2.